The van der Waals surface area contributed by atoms with Crippen molar-refractivity contribution in [3.8, 4) is 0 Å². The van der Waals surface area contributed by atoms with Gasteiger partial charge in [0.2, 0.25) is 11.8 Å². The highest BCUT2D eigenvalue weighted by Crippen LogP contribution is 2.31. The molecule has 2 aromatic carbocycles. The average molecular weight is 416 g/mol. The molecule has 1 heterocycles. The number of nitrogens with one attached hydrogen (secondary N) is 1. The van der Waals surface area contributed by atoms with E-state index in [0.717, 1.165) is 15.7 Å². The molecular weight excluding hydrogens is 394 g/mol. The molecule has 0 spiro atoms. The quantitative estimate of drug-likeness (QED) is 0.828. The van der Waals surface area contributed by atoms with Crippen LogP contribution in [0.2, 0.25) is 0 Å². The molecule has 1 aliphatic rings. The minimum absolute atomic E-state index is 0.0129. The second-order valence-corrected chi connectivity index (χ2v) is 7.60. The zero-order chi connectivity index (χ0) is 18.7. The molecule has 0 unspecified atom stereocenters. The molecule has 0 radical (unpaired) electrons. The van der Waals surface area contributed by atoms with E-state index in [-0.39, 0.29) is 30.8 Å². The first-order valence-corrected chi connectivity index (χ1v) is 9.37. The summed E-state index contributed by atoms with van der Waals surface area (Å²) in [5.74, 6) is -0.0791. The highest BCUT2D eigenvalue weighted by molar-refractivity contribution is 9.10. The molecular formula is C20H22BrN3O2. The van der Waals surface area contributed by atoms with Crippen molar-refractivity contribution in [3.63, 3.8) is 0 Å². The Morgan fingerprint density at radius 2 is 1.92 bits per heavy atom. The van der Waals surface area contributed by atoms with Crippen LogP contribution in [-0.2, 0) is 16.1 Å². The summed E-state index contributed by atoms with van der Waals surface area (Å²) < 4.78 is 1.03. The number of nitrogens with zero attached hydrogens (tertiary/aromatic N) is 2. The Morgan fingerprint density at radius 3 is 2.65 bits per heavy atom. The van der Waals surface area contributed by atoms with E-state index in [9.17, 15) is 9.59 Å². The van der Waals surface area contributed by atoms with Gasteiger partial charge in [-0.05, 0) is 43.8 Å². The number of halogens is 1. The number of rotatable bonds is 4. The van der Waals surface area contributed by atoms with E-state index in [1.54, 1.807) is 4.90 Å². The highest BCUT2D eigenvalue weighted by atomic mass is 79.9. The number of hydrogen-bond acceptors (Lipinski definition) is 3. The third kappa shape index (κ3) is 4.31. The summed E-state index contributed by atoms with van der Waals surface area (Å²) in [4.78, 5) is 28.8. The first-order valence-electron chi connectivity index (χ1n) is 8.58. The van der Waals surface area contributed by atoms with Gasteiger partial charge in [-0.25, -0.2) is 0 Å². The van der Waals surface area contributed by atoms with Crippen molar-refractivity contribution in [2.45, 2.75) is 25.9 Å². The lowest BCUT2D eigenvalue weighted by Gasteiger charge is -2.29. The Kier molecular flexibility index (Phi) is 5.74. The molecule has 1 atom stereocenters. The first-order chi connectivity index (χ1) is 12.4. The molecule has 0 bridgehead atoms. The lowest BCUT2D eigenvalue weighted by molar-refractivity contribution is -0.120. The maximum atomic E-state index is 13.0. The minimum atomic E-state index is -0.188. The van der Waals surface area contributed by atoms with Gasteiger partial charge >= 0.3 is 0 Å². The van der Waals surface area contributed by atoms with E-state index >= 15 is 0 Å². The molecule has 0 aliphatic carbocycles. The topological polar surface area (TPSA) is 52.7 Å². The molecule has 2 amide bonds. The normalized spacial score (nSPS) is 16.8. The third-order valence-corrected chi connectivity index (χ3v) is 4.93. The fraction of sp³-hybridized carbons (Fsp3) is 0.300. The number of fused-ring (bicyclic) bond motifs is 1. The number of likely N-dealkylation sites (N-methyl/N-ethyl adjacent to an activating group) is 1. The summed E-state index contributed by atoms with van der Waals surface area (Å²) in [6, 6.07) is 15.3. The number of amides is 2. The Bertz CT molecular complexity index is 807. The van der Waals surface area contributed by atoms with Crippen molar-refractivity contribution in [1.82, 2.24) is 4.90 Å². The van der Waals surface area contributed by atoms with Gasteiger partial charge in [-0.15, -0.1) is 0 Å². The van der Waals surface area contributed by atoms with Gasteiger partial charge in [0.25, 0.3) is 0 Å². The third-order valence-electron chi connectivity index (χ3n) is 4.40. The standard InChI is InChI=1S/C20H22BrN3O2/c1-14-11-19(25)22-17-5-3-4-6-18(17)24(14)20(26)13-23(2)12-15-7-9-16(21)10-8-15/h3-10,14H,11-13H2,1-2H3,(H,22,25)/t14-/m0/s1. The van der Waals surface area contributed by atoms with Crippen LogP contribution in [0, 0.1) is 0 Å². The second-order valence-electron chi connectivity index (χ2n) is 6.68. The molecule has 6 heteroatoms. The fourth-order valence-corrected chi connectivity index (χ4v) is 3.50. The Hall–Kier alpha value is -2.18. The van der Waals surface area contributed by atoms with E-state index in [1.807, 2.05) is 67.4 Å². The lowest BCUT2D eigenvalue weighted by Crippen LogP contribution is -2.44. The molecule has 3 rings (SSSR count). The van der Waals surface area contributed by atoms with E-state index in [2.05, 4.69) is 21.2 Å². The lowest BCUT2D eigenvalue weighted by atomic mass is 10.1. The number of hydrogen-bond donors (Lipinski definition) is 1. The van der Waals surface area contributed by atoms with Gasteiger partial charge in [0, 0.05) is 23.5 Å². The smallest absolute Gasteiger partial charge is 0.241 e. The Labute approximate surface area is 162 Å². The summed E-state index contributed by atoms with van der Waals surface area (Å²) in [6.07, 6.45) is 0.289. The number of anilines is 2. The van der Waals surface area contributed by atoms with Crippen LogP contribution >= 0.6 is 15.9 Å². The number of benzene rings is 2. The van der Waals surface area contributed by atoms with Crippen LogP contribution < -0.4 is 10.2 Å². The highest BCUT2D eigenvalue weighted by Gasteiger charge is 2.29. The second kappa shape index (κ2) is 8.01. The minimum Gasteiger partial charge on any atom is -0.324 e. The predicted octanol–water partition coefficient (Wildman–Crippen LogP) is 3.64. The van der Waals surface area contributed by atoms with Crippen molar-refractivity contribution in [2.75, 3.05) is 23.8 Å². The van der Waals surface area contributed by atoms with E-state index < -0.39 is 0 Å². The van der Waals surface area contributed by atoms with Crippen molar-refractivity contribution in [2.24, 2.45) is 0 Å². The van der Waals surface area contributed by atoms with Gasteiger partial charge in [0.1, 0.15) is 0 Å². The van der Waals surface area contributed by atoms with Crippen molar-refractivity contribution in [1.29, 1.82) is 0 Å². The van der Waals surface area contributed by atoms with Crippen LogP contribution in [0.5, 0.6) is 0 Å². The van der Waals surface area contributed by atoms with E-state index in [4.69, 9.17) is 0 Å². The molecule has 0 aromatic heterocycles. The van der Waals surface area contributed by atoms with Gasteiger partial charge in [-0.2, -0.15) is 0 Å². The van der Waals surface area contributed by atoms with Gasteiger partial charge in [0.05, 0.1) is 17.9 Å². The Morgan fingerprint density at radius 1 is 1.23 bits per heavy atom. The SMILES string of the molecule is C[C@H]1CC(=O)Nc2ccccc2N1C(=O)CN(C)Cc1ccc(Br)cc1. The summed E-state index contributed by atoms with van der Waals surface area (Å²) in [5, 5.41) is 2.89. The fourth-order valence-electron chi connectivity index (χ4n) is 3.23. The molecule has 136 valence electrons. The number of carbonyl (C=O) groups excluding carboxylic acids is 2. The van der Waals surface area contributed by atoms with Gasteiger partial charge in [-0.3, -0.25) is 14.5 Å². The van der Waals surface area contributed by atoms with Crippen LogP contribution in [0.25, 0.3) is 0 Å². The molecule has 5 nitrogen and oxygen atoms in total. The first kappa shape index (κ1) is 18.6. The molecule has 26 heavy (non-hydrogen) atoms. The predicted molar refractivity (Wildman–Crippen MR) is 107 cm³/mol. The Balaban J connectivity index is 1.75. The monoisotopic (exact) mass is 415 g/mol. The van der Waals surface area contributed by atoms with Crippen LogP contribution in [-0.4, -0.2) is 36.3 Å². The average Bonchev–Trinajstić information content (AvgIpc) is 2.71. The van der Waals surface area contributed by atoms with Gasteiger partial charge in [-0.1, -0.05) is 40.2 Å². The molecule has 1 N–H and O–H groups in total. The van der Waals surface area contributed by atoms with Crippen LogP contribution in [0.15, 0.2) is 53.0 Å². The molecule has 0 fully saturated rings. The van der Waals surface area contributed by atoms with E-state index in [0.29, 0.717) is 12.2 Å². The summed E-state index contributed by atoms with van der Waals surface area (Å²) in [7, 11) is 1.93. The molecule has 0 saturated heterocycles. The summed E-state index contributed by atoms with van der Waals surface area (Å²) in [5.41, 5.74) is 2.59. The molecule has 0 saturated carbocycles. The zero-order valence-electron chi connectivity index (χ0n) is 14.9. The van der Waals surface area contributed by atoms with Crippen molar-refractivity contribution in [3.05, 3.63) is 58.6 Å². The van der Waals surface area contributed by atoms with Crippen LogP contribution in [0.4, 0.5) is 11.4 Å². The maximum absolute atomic E-state index is 13.0. The number of carbonyl (C=O) groups is 2. The summed E-state index contributed by atoms with van der Waals surface area (Å²) in [6.45, 7) is 2.87. The van der Waals surface area contributed by atoms with Crippen molar-refractivity contribution < 1.29 is 9.59 Å². The van der Waals surface area contributed by atoms with Gasteiger partial charge in [0.15, 0.2) is 0 Å². The zero-order valence-corrected chi connectivity index (χ0v) is 16.5. The van der Waals surface area contributed by atoms with Crippen LogP contribution in [0.1, 0.15) is 18.9 Å². The largest absolute Gasteiger partial charge is 0.324 e. The summed E-state index contributed by atoms with van der Waals surface area (Å²) >= 11 is 3.43. The van der Waals surface area contributed by atoms with Gasteiger partial charge < -0.3 is 10.2 Å². The number of para-hydroxylation sites is 2. The van der Waals surface area contributed by atoms with Crippen molar-refractivity contribution >= 4 is 39.1 Å². The van der Waals surface area contributed by atoms with E-state index in [1.165, 1.54) is 0 Å². The van der Waals surface area contributed by atoms with Crippen LogP contribution in [0.3, 0.4) is 0 Å². The molecule has 2 aromatic rings. The maximum Gasteiger partial charge on any atom is 0.241 e. The molecule has 1 aliphatic heterocycles.